The van der Waals surface area contributed by atoms with Crippen molar-refractivity contribution >= 4 is 5.91 Å². The second-order valence-electron chi connectivity index (χ2n) is 3.07. The predicted octanol–water partition coefficient (Wildman–Crippen LogP) is 0.777. The molecule has 1 amide bonds. The summed E-state index contributed by atoms with van der Waals surface area (Å²) in [6.07, 6.45) is 0. The van der Waals surface area contributed by atoms with Crippen molar-refractivity contribution < 1.29 is 4.79 Å². The number of hydrogen-bond acceptors (Lipinski definition) is 1. The molecule has 2 heteroatoms. The van der Waals surface area contributed by atoms with Gasteiger partial charge in [-0.1, -0.05) is 13.8 Å². The van der Waals surface area contributed by atoms with Gasteiger partial charge >= 0.3 is 0 Å². The minimum atomic E-state index is 0.220. The predicted molar refractivity (Wildman–Crippen MR) is 35.9 cm³/mol. The van der Waals surface area contributed by atoms with Gasteiger partial charge in [0.15, 0.2) is 0 Å². The highest BCUT2D eigenvalue weighted by atomic mass is 16.2. The van der Waals surface area contributed by atoms with Crippen molar-refractivity contribution in [1.82, 2.24) is 5.32 Å². The van der Waals surface area contributed by atoms with Crippen LogP contribution in [0.15, 0.2) is 0 Å². The van der Waals surface area contributed by atoms with Crippen LogP contribution in [0.1, 0.15) is 20.8 Å². The van der Waals surface area contributed by atoms with Crippen molar-refractivity contribution in [2.75, 3.05) is 0 Å². The Hall–Kier alpha value is -0.530. The Morgan fingerprint density at radius 2 is 2.11 bits per heavy atom. The number of carbonyl (C=O) groups excluding carboxylic acids is 1. The molecule has 1 N–H and O–H groups in total. The maximum atomic E-state index is 10.8. The highest BCUT2D eigenvalue weighted by Crippen LogP contribution is 2.22. The highest BCUT2D eigenvalue weighted by Gasteiger charge is 2.37. The fourth-order valence-electron chi connectivity index (χ4n) is 1.42. The van der Waals surface area contributed by atoms with Crippen LogP contribution >= 0.6 is 0 Å². The number of β-lactam (4-membered cyclic amide) rings is 1. The zero-order chi connectivity index (χ0) is 7.02. The first-order chi connectivity index (χ1) is 4.13. The summed E-state index contributed by atoms with van der Waals surface area (Å²) in [4.78, 5) is 10.8. The minimum Gasteiger partial charge on any atom is -0.353 e. The van der Waals surface area contributed by atoms with Crippen LogP contribution in [0.4, 0.5) is 0 Å². The number of amides is 1. The third kappa shape index (κ3) is 0.934. The van der Waals surface area contributed by atoms with E-state index >= 15 is 0 Å². The molecular formula is C7H13NO. The summed E-state index contributed by atoms with van der Waals surface area (Å²) >= 11 is 0. The first-order valence-corrected chi connectivity index (χ1v) is 3.43. The molecule has 1 heterocycles. The zero-order valence-electron chi connectivity index (χ0n) is 6.14. The summed E-state index contributed by atoms with van der Waals surface area (Å²) in [5, 5.41) is 2.80. The van der Waals surface area contributed by atoms with Gasteiger partial charge < -0.3 is 5.32 Å². The molecular weight excluding hydrogens is 114 g/mol. The van der Waals surface area contributed by atoms with E-state index in [1.54, 1.807) is 0 Å². The third-order valence-electron chi connectivity index (χ3n) is 1.93. The van der Waals surface area contributed by atoms with Crippen molar-refractivity contribution in [3.05, 3.63) is 0 Å². The lowest BCUT2D eigenvalue weighted by Gasteiger charge is -2.36. The Morgan fingerprint density at radius 3 is 2.22 bits per heavy atom. The normalized spacial score (nSPS) is 34.0. The molecule has 0 aromatic heterocycles. The van der Waals surface area contributed by atoms with Crippen molar-refractivity contribution in [1.29, 1.82) is 0 Å². The van der Waals surface area contributed by atoms with E-state index in [2.05, 4.69) is 19.2 Å². The van der Waals surface area contributed by atoms with Crippen molar-refractivity contribution in [3.63, 3.8) is 0 Å². The Labute approximate surface area is 55.6 Å². The number of rotatable bonds is 1. The Morgan fingerprint density at radius 1 is 1.56 bits per heavy atom. The maximum Gasteiger partial charge on any atom is 0.225 e. The highest BCUT2D eigenvalue weighted by molar-refractivity contribution is 5.85. The molecule has 1 aliphatic rings. The van der Waals surface area contributed by atoms with E-state index in [0.29, 0.717) is 12.0 Å². The Balaban J connectivity index is 2.49. The van der Waals surface area contributed by atoms with Gasteiger partial charge in [0, 0.05) is 6.04 Å². The Bertz CT molecular complexity index is 126. The molecule has 0 saturated carbocycles. The molecule has 1 saturated heterocycles. The third-order valence-corrected chi connectivity index (χ3v) is 1.93. The lowest BCUT2D eigenvalue weighted by Crippen LogP contribution is -2.58. The summed E-state index contributed by atoms with van der Waals surface area (Å²) in [6, 6.07) is 0.400. The lowest BCUT2D eigenvalue weighted by molar-refractivity contribution is -0.136. The fraction of sp³-hybridized carbons (Fsp3) is 0.857. The molecule has 0 bridgehead atoms. The van der Waals surface area contributed by atoms with E-state index in [1.165, 1.54) is 0 Å². The zero-order valence-corrected chi connectivity index (χ0v) is 6.14. The van der Waals surface area contributed by atoms with E-state index in [1.807, 2.05) is 6.92 Å². The standard InChI is InChI=1S/C7H13NO/c1-4(2)6-5(3)8-7(6)9/h4-6H,1-3H3,(H,8,9)/t5-,6-/m1/s1. The van der Waals surface area contributed by atoms with Crippen molar-refractivity contribution in [2.24, 2.45) is 11.8 Å². The van der Waals surface area contributed by atoms with E-state index in [4.69, 9.17) is 0 Å². The van der Waals surface area contributed by atoms with E-state index in [0.717, 1.165) is 0 Å². The molecule has 0 aromatic carbocycles. The summed E-state index contributed by atoms with van der Waals surface area (Å²) < 4.78 is 0. The van der Waals surface area contributed by atoms with Crippen molar-refractivity contribution in [2.45, 2.75) is 26.8 Å². The molecule has 0 spiro atoms. The van der Waals surface area contributed by atoms with Crippen LogP contribution in [0.25, 0.3) is 0 Å². The summed E-state index contributed by atoms with van der Waals surface area (Å²) in [6.45, 7) is 6.21. The Kier molecular flexibility index (Phi) is 1.47. The molecule has 2 atom stereocenters. The summed E-state index contributed by atoms with van der Waals surface area (Å²) in [7, 11) is 0. The smallest absolute Gasteiger partial charge is 0.225 e. The minimum absolute atomic E-state index is 0.220. The van der Waals surface area contributed by atoms with Gasteiger partial charge in [0.05, 0.1) is 5.92 Å². The van der Waals surface area contributed by atoms with Crippen LogP contribution in [-0.4, -0.2) is 11.9 Å². The molecule has 0 radical (unpaired) electrons. The fourth-order valence-corrected chi connectivity index (χ4v) is 1.42. The van der Waals surface area contributed by atoms with E-state index in [-0.39, 0.29) is 11.8 Å². The van der Waals surface area contributed by atoms with Crippen LogP contribution in [0.3, 0.4) is 0 Å². The van der Waals surface area contributed by atoms with Crippen LogP contribution in [-0.2, 0) is 4.79 Å². The van der Waals surface area contributed by atoms with E-state index < -0.39 is 0 Å². The van der Waals surface area contributed by atoms with Gasteiger partial charge in [0.2, 0.25) is 5.91 Å². The van der Waals surface area contributed by atoms with E-state index in [9.17, 15) is 4.79 Å². The SMILES string of the molecule is CC(C)[C@H]1C(=O)N[C@@H]1C. The molecule has 0 unspecified atom stereocenters. The van der Waals surface area contributed by atoms with Crippen molar-refractivity contribution in [3.8, 4) is 0 Å². The number of carbonyl (C=O) groups is 1. The molecule has 0 aromatic rings. The average Bonchev–Trinajstić information content (AvgIpc) is 1.62. The molecule has 2 nitrogen and oxygen atoms in total. The topological polar surface area (TPSA) is 29.1 Å². The second kappa shape index (κ2) is 2.01. The molecule has 9 heavy (non-hydrogen) atoms. The first kappa shape index (κ1) is 6.59. The molecule has 1 rings (SSSR count). The largest absolute Gasteiger partial charge is 0.353 e. The number of hydrogen-bond donors (Lipinski definition) is 1. The molecule has 52 valence electrons. The summed E-state index contributed by atoms with van der Waals surface area (Å²) in [5.74, 6) is 0.983. The van der Waals surface area contributed by atoms with Gasteiger partial charge in [-0.05, 0) is 12.8 Å². The quantitative estimate of drug-likeness (QED) is 0.518. The average molecular weight is 127 g/mol. The molecule has 0 aliphatic carbocycles. The van der Waals surface area contributed by atoms with Crippen LogP contribution in [0.2, 0.25) is 0 Å². The second-order valence-corrected chi connectivity index (χ2v) is 3.07. The van der Waals surface area contributed by atoms with Gasteiger partial charge in [-0.3, -0.25) is 4.79 Å². The number of nitrogens with one attached hydrogen (secondary N) is 1. The van der Waals surface area contributed by atoms with Crippen LogP contribution < -0.4 is 5.32 Å². The van der Waals surface area contributed by atoms with Gasteiger partial charge in [0.25, 0.3) is 0 Å². The first-order valence-electron chi connectivity index (χ1n) is 3.43. The van der Waals surface area contributed by atoms with Gasteiger partial charge in [-0.25, -0.2) is 0 Å². The molecule has 1 aliphatic heterocycles. The van der Waals surface area contributed by atoms with Gasteiger partial charge in [-0.15, -0.1) is 0 Å². The van der Waals surface area contributed by atoms with Gasteiger partial charge in [-0.2, -0.15) is 0 Å². The monoisotopic (exact) mass is 127 g/mol. The summed E-state index contributed by atoms with van der Waals surface area (Å²) in [5.41, 5.74) is 0. The molecule has 1 fully saturated rings. The maximum absolute atomic E-state index is 10.8. The van der Waals surface area contributed by atoms with Crippen LogP contribution in [0, 0.1) is 11.8 Å². The lowest BCUT2D eigenvalue weighted by atomic mass is 9.82. The van der Waals surface area contributed by atoms with Gasteiger partial charge in [0.1, 0.15) is 0 Å². The van der Waals surface area contributed by atoms with Crippen LogP contribution in [0.5, 0.6) is 0 Å².